The van der Waals surface area contributed by atoms with Crippen molar-refractivity contribution in [2.24, 2.45) is 0 Å². The maximum Gasteiger partial charge on any atom is 0.227 e. The maximum absolute atomic E-state index is 5.97. The number of aromatic nitrogens is 2. The van der Waals surface area contributed by atoms with E-state index in [1.807, 2.05) is 26.8 Å². The van der Waals surface area contributed by atoms with E-state index in [0.717, 1.165) is 17.7 Å². The summed E-state index contributed by atoms with van der Waals surface area (Å²) in [5.41, 5.74) is 9.58. The molecule has 4 nitrogen and oxygen atoms in total. The van der Waals surface area contributed by atoms with Crippen LogP contribution in [0, 0.1) is 6.92 Å². The van der Waals surface area contributed by atoms with E-state index in [0.29, 0.717) is 17.5 Å². The second kappa shape index (κ2) is 5.35. The van der Waals surface area contributed by atoms with E-state index < -0.39 is 0 Å². The molecule has 0 saturated carbocycles. The molecule has 1 heterocycles. The summed E-state index contributed by atoms with van der Waals surface area (Å²) in [6.07, 6.45) is 3.54. The molecule has 0 amide bonds. The van der Waals surface area contributed by atoms with Crippen molar-refractivity contribution in [2.75, 3.05) is 5.73 Å². The standard InChI is InChI=1S/C17H21N3O/c1-10(2)16-19-15(18)11(3)17(20-16)21-14-8-7-12-5-4-6-13(12)9-14/h7-10H,4-6H2,1-3H3,(H2,18,19,20). The van der Waals surface area contributed by atoms with Crippen molar-refractivity contribution < 1.29 is 4.74 Å². The Bertz CT molecular complexity index is 680. The van der Waals surface area contributed by atoms with Crippen LogP contribution in [0.1, 0.15) is 48.7 Å². The van der Waals surface area contributed by atoms with Crippen LogP contribution >= 0.6 is 0 Å². The van der Waals surface area contributed by atoms with Crippen LogP contribution in [-0.2, 0) is 12.8 Å². The Labute approximate surface area is 125 Å². The van der Waals surface area contributed by atoms with Gasteiger partial charge >= 0.3 is 0 Å². The first-order valence-corrected chi connectivity index (χ1v) is 7.48. The monoisotopic (exact) mass is 283 g/mol. The van der Waals surface area contributed by atoms with E-state index >= 15 is 0 Å². The van der Waals surface area contributed by atoms with E-state index in [1.54, 1.807) is 0 Å². The molecule has 1 aliphatic carbocycles. The van der Waals surface area contributed by atoms with Gasteiger partial charge < -0.3 is 10.5 Å². The Balaban J connectivity index is 1.94. The van der Waals surface area contributed by atoms with Crippen LogP contribution in [0.4, 0.5) is 5.82 Å². The molecule has 0 saturated heterocycles. The van der Waals surface area contributed by atoms with E-state index in [9.17, 15) is 0 Å². The van der Waals surface area contributed by atoms with Gasteiger partial charge in [-0.15, -0.1) is 0 Å². The third-order valence-electron chi connectivity index (χ3n) is 3.96. The minimum atomic E-state index is 0.218. The van der Waals surface area contributed by atoms with Crippen molar-refractivity contribution in [1.82, 2.24) is 9.97 Å². The molecule has 3 rings (SSSR count). The fourth-order valence-corrected chi connectivity index (χ4v) is 2.61. The van der Waals surface area contributed by atoms with Crippen LogP contribution in [0.15, 0.2) is 18.2 Å². The van der Waals surface area contributed by atoms with Crippen LogP contribution in [0.5, 0.6) is 11.6 Å². The Morgan fingerprint density at radius 2 is 1.90 bits per heavy atom. The van der Waals surface area contributed by atoms with Gasteiger partial charge in [0.25, 0.3) is 0 Å². The fraction of sp³-hybridized carbons (Fsp3) is 0.412. The second-order valence-corrected chi connectivity index (χ2v) is 5.94. The summed E-state index contributed by atoms with van der Waals surface area (Å²) in [5, 5.41) is 0. The first-order chi connectivity index (χ1) is 10.0. The number of hydrogen-bond acceptors (Lipinski definition) is 4. The number of rotatable bonds is 3. The maximum atomic E-state index is 5.97. The number of aryl methyl sites for hydroxylation is 2. The summed E-state index contributed by atoms with van der Waals surface area (Å²) < 4.78 is 5.97. The van der Waals surface area contributed by atoms with E-state index in [-0.39, 0.29) is 5.92 Å². The normalized spacial score (nSPS) is 13.5. The van der Waals surface area contributed by atoms with Gasteiger partial charge in [-0.2, -0.15) is 4.98 Å². The van der Waals surface area contributed by atoms with Gasteiger partial charge in [0.15, 0.2) is 0 Å². The van der Waals surface area contributed by atoms with Crippen molar-refractivity contribution in [3.63, 3.8) is 0 Å². The average Bonchev–Trinajstić information content (AvgIpc) is 2.91. The zero-order chi connectivity index (χ0) is 15.0. The Kier molecular flexibility index (Phi) is 3.53. The van der Waals surface area contributed by atoms with Gasteiger partial charge in [0, 0.05) is 5.92 Å². The molecule has 1 aromatic heterocycles. The molecule has 1 aromatic carbocycles. The minimum absolute atomic E-state index is 0.218. The molecule has 2 aromatic rings. The number of ether oxygens (including phenoxy) is 1. The highest BCUT2D eigenvalue weighted by molar-refractivity contribution is 5.47. The van der Waals surface area contributed by atoms with Gasteiger partial charge in [-0.1, -0.05) is 19.9 Å². The number of anilines is 1. The predicted octanol–water partition coefficient (Wildman–Crippen LogP) is 3.77. The molecule has 0 bridgehead atoms. The molecule has 4 heteroatoms. The number of hydrogen-bond donors (Lipinski definition) is 1. The molecule has 0 spiro atoms. The lowest BCUT2D eigenvalue weighted by molar-refractivity contribution is 0.453. The summed E-state index contributed by atoms with van der Waals surface area (Å²) in [6.45, 7) is 5.98. The molecule has 0 radical (unpaired) electrons. The van der Waals surface area contributed by atoms with Crippen molar-refractivity contribution >= 4 is 5.82 Å². The molecule has 1 aliphatic rings. The van der Waals surface area contributed by atoms with E-state index in [2.05, 4.69) is 22.1 Å². The molecule has 0 atom stereocenters. The second-order valence-electron chi connectivity index (χ2n) is 5.94. The zero-order valence-electron chi connectivity index (χ0n) is 12.8. The third-order valence-corrected chi connectivity index (χ3v) is 3.96. The van der Waals surface area contributed by atoms with Crippen LogP contribution in [-0.4, -0.2) is 9.97 Å². The summed E-state index contributed by atoms with van der Waals surface area (Å²) >= 11 is 0. The lowest BCUT2D eigenvalue weighted by atomic mass is 10.1. The highest BCUT2D eigenvalue weighted by atomic mass is 16.5. The number of benzene rings is 1. The molecule has 110 valence electrons. The topological polar surface area (TPSA) is 61.0 Å². The predicted molar refractivity (Wildman–Crippen MR) is 83.8 cm³/mol. The molecular formula is C17H21N3O. The SMILES string of the molecule is Cc1c(N)nc(C(C)C)nc1Oc1ccc2c(c1)CCC2. The highest BCUT2D eigenvalue weighted by Crippen LogP contribution is 2.31. The van der Waals surface area contributed by atoms with Gasteiger partial charge in [-0.05, 0) is 49.4 Å². The molecular weight excluding hydrogens is 262 g/mol. The molecule has 2 N–H and O–H groups in total. The van der Waals surface area contributed by atoms with E-state index in [1.165, 1.54) is 24.0 Å². The number of nitrogens with zero attached hydrogens (tertiary/aromatic N) is 2. The van der Waals surface area contributed by atoms with Gasteiger partial charge in [-0.3, -0.25) is 0 Å². The van der Waals surface area contributed by atoms with Gasteiger partial charge in [0.1, 0.15) is 17.4 Å². The largest absolute Gasteiger partial charge is 0.439 e. The lowest BCUT2D eigenvalue weighted by Crippen LogP contribution is -2.06. The molecule has 0 aliphatic heterocycles. The Hall–Kier alpha value is -2.10. The molecule has 0 unspecified atom stereocenters. The van der Waals surface area contributed by atoms with Crippen LogP contribution in [0.2, 0.25) is 0 Å². The number of fused-ring (bicyclic) bond motifs is 1. The van der Waals surface area contributed by atoms with Crippen LogP contribution in [0.3, 0.4) is 0 Å². The fourth-order valence-electron chi connectivity index (χ4n) is 2.61. The Morgan fingerprint density at radius 1 is 1.14 bits per heavy atom. The van der Waals surface area contributed by atoms with Crippen LogP contribution < -0.4 is 10.5 Å². The smallest absolute Gasteiger partial charge is 0.227 e. The van der Waals surface area contributed by atoms with Crippen molar-refractivity contribution in [1.29, 1.82) is 0 Å². The summed E-state index contributed by atoms with van der Waals surface area (Å²) in [4.78, 5) is 8.83. The molecule has 0 fully saturated rings. The van der Waals surface area contributed by atoms with Gasteiger partial charge in [-0.25, -0.2) is 4.98 Å². The average molecular weight is 283 g/mol. The number of nitrogens with two attached hydrogens (primary N) is 1. The summed E-state index contributed by atoms with van der Waals surface area (Å²) in [6, 6.07) is 6.28. The van der Waals surface area contributed by atoms with E-state index in [4.69, 9.17) is 10.5 Å². The quantitative estimate of drug-likeness (QED) is 0.931. The third kappa shape index (κ3) is 2.71. The lowest BCUT2D eigenvalue weighted by Gasteiger charge is -2.13. The summed E-state index contributed by atoms with van der Waals surface area (Å²) in [5.74, 6) is 2.81. The van der Waals surface area contributed by atoms with Gasteiger partial charge in [0.05, 0.1) is 5.56 Å². The molecule has 21 heavy (non-hydrogen) atoms. The van der Waals surface area contributed by atoms with Crippen molar-refractivity contribution in [2.45, 2.75) is 46.0 Å². The zero-order valence-corrected chi connectivity index (χ0v) is 12.8. The highest BCUT2D eigenvalue weighted by Gasteiger charge is 2.15. The summed E-state index contributed by atoms with van der Waals surface area (Å²) in [7, 11) is 0. The van der Waals surface area contributed by atoms with Crippen LogP contribution in [0.25, 0.3) is 0 Å². The van der Waals surface area contributed by atoms with Gasteiger partial charge in [0.2, 0.25) is 5.88 Å². The minimum Gasteiger partial charge on any atom is -0.439 e. The first kappa shape index (κ1) is 13.9. The Morgan fingerprint density at radius 3 is 2.67 bits per heavy atom. The number of nitrogen functional groups attached to an aromatic ring is 1. The first-order valence-electron chi connectivity index (χ1n) is 7.48. The van der Waals surface area contributed by atoms with Crippen molar-refractivity contribution in [3.05, 3.63) is 40.7 Å². The van der Waals surface area contributed by atoms with Crippen molar-refractivity contribution in [3.8, 4) is 11.6 Å².